The molecule has 78 valence electrons. The van der Waals surface area contributed by atoms with Gasteiger partial charge in [-0.2, -0.15) is 0 Å². The lowest BCUT2D eigenvalue weighted by Crippen LogP contribution is -2.37. The predicted molar refractivity (Wildman–Crippen MR) is 57.7 cm³/mol. The molecule has 0 aromatic carbocycles. The molecule has 1 amide bonds. The number of carbonyl (C=O) groups is 1. The Morgan fingerprint density at radius 3 is 2.64 bits per heavy atom. The standard InChI is InChI=1S/C10H14BrNO2/c11-6-3-9(14)12-7-10(8-13)4-1-2-5-10/h13H,1-2,4-5,7-8H2,(H,12,14). The average Bonchev–Trinajstić information content (AvgIpc) is 2.65. The number of hydrogen-bond acceptors (Lipinski definition) is 2. The summed E-state index contributed by atoms with van der Waals surface area (Å²) in [7, 11) is 0. The molecule has 0 spiro atoms. The van der Waals surface area contributed by atoms with Gasteiger partial charge in [0.1, 0.15) is 0 Å². The minimum absolute atomic E-state index is 0.0936. The monoisotopic (exact) mass is 259 g/mol. The van der Waals surface area contributed by atoms with E-state index in [4.69, 9.17) is 0 Å². The molecule has 0 aromatic heterocycles. The molecule has 0 bridgehead atoms. The van der Waals surface area contributed by atoms with Crippen LogP contribution in [0.4, 0.5) is 0 Å². The molecule has 1 aliphatic rings. The van der Waals surface area contributed by atoms with Crippen molar-refractivity contribution in [2.45, 2.75) is 25.7 Å². The first kappa shape index (κ1) is 11.5. The van der Waals surface area contributed by atoms with Gasteiger partial charge < -0.3 is 10.4 Å². The molecule has 0 aliphatic heterocycles. The lowest BCUT2D eigenvalue weighted by molar-refractivity contribution is -0.116. The molecule has 0 saturated heterocycles. The van der Waals surface area contributed by atoms with E-state index in [1.165, 1.54) is 0 Å². The number of aliphatic hydroxyl groups excluding tert-OH is 1. The smallest absolute Gasteiger partial charge is 0.296 e. The average molecular weight is 260 g/mol. The van der Waals surface area contributed by atoms with Crippen LogP contribution in [0.15, 0.2) is 0 Å². The third-order valence-electron chi connectivity index (χ3n) is 2.78. The second kappa shape index (κ2) is 5.38. The number of halogens is 1. The van der Waals surface area contributed by atoms with Crippen LogP contribution in [0.5, 0.6) is 0 Å². The Bertz CT molecular complexity index is 261. The molecule has 1 saturated carbocycles. The molecule has 0 heterocycles. The summed E-state index contributed by atoms with van der Waals surface area (Å²) in [5.74, 6) is 2.06. The lowest BCUT2D eigenvalue weighted by Gasteiger charge is -2.25. The van der Waals surface area contributed by atoms with Crippen molar-refractivity contribution >= 4 is 21.8 Å². The van der Waals surface area contributed by atoms with Crippen molar-refractivity contribution in [2.75, 3.05) is 13.2 Å². The van der Waals surface area contributed by atoms with Gasteiger partial charge in [0.2, 0.25) is 0 Å². The van der Waals surface area contributed by atoms with Crippen molar-refractivity contribution in [3.05, 3.63) is 0 Å². The molecule has 14 heavy (non-hydrogen) atoms. The van der Waals surface area contributed by atoms with Gasteiger partial charge in [-0.15, -0.1) is 0 Å². The van der Waals surface area contributed by atoms with E-state index in [0.717, 1.165) is 25.7 Å². The summed E-state index contributed by atoms with van der Waals surface area (Å²) >= 11 is 2.86. The first-order chi connectivity index (χ1) is 6.72. The van der Waals surface area contributed by atoms with Crippen molar-refractivity contribution in [1.82, 2.24) is 5.32 Å². The quantitative estimate of drug-likeness (QED) is 0.744. The highest BCUT2D eigenvalue weighted by Gasteiger charge is 2.33. The van der Waals surface area contributed by atoms with E-state index in [9.17, 15) is 9.90 Å². The number of carbonyl (C=O) groups excluding carboxylic acids is 1. The zero-order valence-corrected chi connectivity index (χ0v) is 9.56. The highest BCUT2D eigenvalue weighted by atomic mass is 79.9. The van der Waals surface area contributed by atoms with Gasteiger partial charge in [0.15, 0.2) is 0 Å². The Hall–Kier alpha value is -0.530. The Balaban J connectivity index is 2.40. The van der Waals surface area contributed by atoms with Crippen LogP contribution >= 0.6 is 15.9 Å². The maximum atomic E-state index is 11.1. The highest BCUT2D eigenvalue weighted by Crippen LogP contribution is 2.36. The van der Waals surface area contributed by atoms with E-state index in [0.29, 0.717) is 6.54 Å². The van der Waals surface area contributed by atoms with Crippen LogP contribution in [0, 0.1) is 16.2 Å². The minimum atomic E-state index is -0.290. The maximum Gasteiger partial charge on any atom is 0.296 e. The second-order valence-corrected chi connectivity index (χ2v) is 4.16. The molecule has 1 fully saturated rings. The fourth-order valence-corrected chi connectivity index (χ4v) is 2.05. The Kier molecular flexibility index (Phi) is 4.43. The summed E-state index contributed by atoms with van der Waals surface area (Å²) < 4.78 is 0. The minimum Gasteiger partial charge on any atom is -0.396 e. The van der Waals surface area contributed by atoms with Crippen molar-refractivity contribution < 1.29 is 9.90 Å². The Morgan fingerprint density at radius 2 is 2.14 bits per heavy atom. The Morgan fingerprint density at radius 1 is 1.50 bits per heavy atom. The summed E-state index contributed by atoms with van der Waals surface area (Å²) in [5, 5.41) is 12.0. The van der Waals surface area contributed by atoms with Gasteiger partial charge in [-0.3, -0.25) is 4.79 Å². The summed E-state index contributed by atoms with van der Waals surface area (Å²) in [6.45, 7) is 0.680. The normalized spacial score (nSPS) is 18.4. The van der Waals surface area contributed by atoms with Crippen LogP contribution in [0.1, 0.15) is 25.7 Å². The van der Waals surface area contributed by atoms with Gasteiger partial charge in [-0.05, 0) is 17.7 Å². The molecule has 1 aliphatic carbocycles. The van der Waals surface area contributed by atoms with Crippen molar-refractivity contribution in [2.24, 2.45) is 5.41 Å². The van der Waals surface area contributed by atoms with Gasteiger partial charge in [0.05, 0.1) is 6.61 Å². The van der Waals surface area contributed by atoms with Crippen LogP contribution < -0.4 is 5.32 Å². The molecule has 0 radical (unpaired) electrons. The molecule has 0 atom stereocenters. The van der Waals surface area contributed by atoms with Crippen molar-refractivity contribution in [3.63, 3.8) is 0 Å². The van der Waals surface area contributed by atoms with E-state index in [2.05, 4.69) is 32.0 Å². The number of amides is 1. The van der Waals surface area contributed by atoms with Crippen LogP contribution in [0.25, 0.3) is 0 Å². The molecular formula is C10H14BrNO2. The van der Waals surface area contributed by atoms with Crippen molar-refractivity contribution in [3.8, 4) is 10.8 Å². The van der Waals surface area contributed by atoms with Crippen LogP contribution in [0.2, 0.25) is 0 Å². The zero-order valence-electron chi connectivity index (χ0n) is 7.98. The second-order valence-electron chi connectivity index (χ2n) is 3.77. The summed E-state index contributed by atoms with van der Waals surface area (Å²) in [6, 6.07) is 0. The maximum absolute atomic E-state index is 11.1. The fourth-order valence-electron chi connectivity index (χ4n) is 1.87. The van der Waals surface area contributed by atoms with Crippen LogP contribution in [-0.4, -0.2) is 24.2 Å². The molecular weight excluding hydrogens is 246 g/mol. The van der Waals surface area contributed by atoms with E-state index in [1.807, 2.05) is 0 Å². The molecule has 0 aromatic rings. The lowest BCUT2D eigenvalue weighted by atomic mass is 9.87. The molecule has 4 heteroatoms. The number of hydrogen-bond donors (Lipinski definition) is 2. The van der Waals surface area contributed by atoms with Crippen LogP contribution in [-0.2, 0) is 4.79 Å². The van der Waals surface area contributed by atoms with Crippen molar-refractivity contribution in [1.29, 1.82) is 0 Å². The molecule has 0 unspecified atom stereocenters. The first-order valence-corrected chi connectivity index (χ1v) is 5.52. The van der Waals surface area contributed by atoms with Gasteiger partial charge >= 0.3 is 0 Å². The first-order valence-electron chi connectivity index (χ1n) is 4.73. The topological polar surface area (TPSA) is 49.3 Å². The van der Waals surface area contributed by atoms with E-state index in [1.54, 1.807) is 0 Å². The number of aliphatic hydroxyl groups is 1. The highest BCUT2D eigenvalue weighted by molar-refractivity contribution is 9.12. The summed E-state index contributed by atoms with van der Waals surface area (Å²) in [6.07, 6.45) is 4.26. The fraction of sp³-hybridized carbons (Fsp3) is 0.700. The number of nitrogens with one attached hydrogen (secondary N) is 1. The van der Waals surface area contributed by atoms with E-state index in [-0.39, 0.29) is 17.9 Å². The summed E-state index contributed by atoms with van der Waals surface area (Å²) in [4.78, 5) is 13.4. The summed E-state index contributed by atoms with van der Waals surface area (Å²) in [5.41, 5.74) is -0.0936. The SMILES string of the molecule is O=C(C#CBr)NCC1(CO)CCCC1. The van der Waals surface area contributed by atoms with Crippen LogP contribution in [0.3, 0.4) is 0 Å². The molecule has 3 nitrogen and oxygen atoms in total. The predicted octanol–water partition coefficient (Wildman–Crippen LogP) is 1.01. The molecule has 1 rings (SSSR count). The third kappa shape index (κ3) is 3.00. The molecule has 2 N–H and O–H groups in total. The van der Waals surface area contributed by atoms with Gasteiger partial charge in [0.25, 0.3) is 5.91 Å². The largest absolute Gasteiger partial charge is 0.396 e. The number of rotatable bonds is 3. The zero-order chi connectivity index (χ0) is 10.4. The van der Waals surface area contributed by atoms with Gasteiger partial charge in [0, 0.05) is 33.8 Å². The third-order valence-corrected chi connectivity index (χ3v) is 2.98. The van der Waals surface area contributed by atoms with E-state index < -0.39 is 0 Å². The van der Waals surface area contributed by atoms with E-state index >= 15 is 0 Å². The van der Waals surface area contributed by atoms with Gasteiger partial charge in [-0.1, -0.05) is 12.8 Å². The van der Waals surface area contributed by atoms with Gasteiger partial charge in [-0.25, -0.2) is 0 Å². The Labute approximate surface area is 92.4 Å².